The van der Waals surface area contributed by atoms with Gasteiger partial charge in [0.25, 0.3) is 0 Å². The fraction of sp³-hybridized carbons (Fsp3) is 0.500. The molecule has 2 nitrogen and oxygen atoms in total. The normalized spacial score (nSPS) is 19.5. The molecule has 88 valence electrons. The number of aliphatic hydroxyl groups is 1. The maximum atomic E-state index is 13.6. The molecule has 0 spiro atoms. The predicted octanol–water partition coefficient (Wildman–Crippen LogP) is 1.92. The second-order valence-corrected chi connectivity index (χ2v) is 4.51. The number of aliphatic hydroxyl groups excluding tert-OH is 1. The van der Waals surface area contributed by atoms with Gasteiger partial charge >= 0.3 is 0 Å². The van der Waals surface area contributed by atoms with Gasteiger partial charge in [0.15, 0.2) is 11.6 Å². The fourth-order valence-electron chi connectivity index (χ4n) is 1.82. The quantitative estimate of drug-likeness (QED) is 0.823. The van der Waals surface area contributed by atoms with Crippen LogP contribution in [0.1, 0.15) is 25.3 Å². The van der Waals surface area contributed by atoms with Crippen LogP contribution in [0.4, 0.5) is 8.78 Å². The van der Waals surface area contributed by atoms with Crippen LogP contribution in [0.25, 0.3) is 0 Å². The minimum Gasteiger partial charge on any atom is -0.394 e. The molecule has 2 rings (SSSR count). The molecule has 16 heavy (non-hydrogen) atoms. The number of halogens is 2. The predicted molar refractivity (Wildman–Crippen MR) is 57.0 cm³/mol. The molecule has 0 radical (unpaired) electrons. The topological polar surface area (TPSA) is 32.3 Å². The zero-order valence-corrected chi connectivity index (χ0v) is 9.13. The van der Waals surface area contributed by atoms with Crippen molar-refractivity contribution in [1.29, 1.82) is 0 Å². The summed E-state index contributed by atoms with van der Waals surface area (Å²) in [5.41, 5.74) is -0.727. The Morgan fingerprint density at radius 2 is 2.12 bits per heavy atom. The molecular formula is C12H15F2NO. The summed E-state index contributed by atoms with van der Waals surface area (Å²) in [6, 6.07) is 4.34. The van der Waals surface area contributed by atoms with Gasteiger partial charge in [0, 0.05) is 11.6 Å². The first-order valence-corrected chi connectivity index (χ1v) is 5.40. The molecule has 0 amide bonds. The van der Waals surface area contributed by atoms with Crippen molar-refractivity contribution in [2.75, 3.05) is 6.61 Å². The van der Waals surface area contributed by atoms with E-state index in [0.29, 0.717) is 6.04 Å². The Morgan fingerprint density at radius 3 is 2.69 bits per heavy atom. The first-order valence-electron chi connectivity index (χ1n) is 5.40. The molecule has 0 heterocycles. The van der Waals surface area contributed by atoms with Gasteiger partial charge in [-0.15, -0.1) is 0 Å². The van der Waals surface area contributed by atoms with Gasteiger partial charge in [0.05, 0.1) is 12.1 Å². The molecule has 1 atom stereocenters. The highest BCUT2D eigenvalue weighted by atomic mass is 19.2. The summed E-state index contributed by atoms with van der Waals surface area (Å²) in [6.07, 6.45) is 2.04. The van der Waals surface area contributed by atoms with Crippen LogP contribution in [-0.4, -0.2) is 17.8 Å². The van der Waals surface area contributed by atoms with E-state index in [1.165, 1.54) is 12.1 Å². The summed E-state index contributed by atoms with van der Waals surface area (Å²) in [6.45, 7) is 1.42. The van der Waals surface area contributed by atoms with E-state index in [1.807, 2.05) is 0 Å². The summed E-state index contributed by atoms with van der Waals surface area (Å²) in [7, 11) is 0. The van der Waals surface area contributed by atoms with E-state index >= 15 is 0 Å². The molecule has 1 aromatic carbocycles. The van der Waals surface area contributed by atoms with E-state index in [4.69, 9.17) is 0 Å². The van der Waals surface area contributed by atoms with Crippen LogP contribution >= 0.6 is 0 Å². The molecule has 0 aliphatic heterocycles. The maximum absolute atomic E-state index is 13.6. The van der Waals surface area contributed by atoms with Crippen LogP contribution in [0.5, 0.6) is 0 Å². The van der Waals surface area contributed by atoms with Crippen LogP contribution in [0.2, 0.25) is 0 Å². The van der Waals surface area contributed by atoms with Crippen LogP contribution in [-0.2, 0) is 5.54 Å². The third kappa shape index (κ3) is 2.08. The average molecular weight is 227 g/mol. The van der Waals surface area contributed by atoms with E-state index in [1.54, 1.807) is 6.92 Å². The Hall–Kier alpha value is -1.00. The van der Waals surface area contributed by atoms with Gasteiger partial charge in [-0.25, -0.2) is 8.78 Å². The molecule has 1 aliphatic rings. The van der Waals surface area contributed by atoms with Gasteiger partial charge < -0.3 is 10.4 Å². The summed E-state index contributed by atoms with van der Waals surface area (Å²) < 4.78 is 26.7. The van der Waals surface area contributed by atoms with E-state index in [-0.39, 0.29) is 12.2 Å². The van der Waals surface area contributed by atoms with E-state index in [9.17, 15) is 13.9 Å². The van der Waals surface area contributed by atoms with Gasteiger partial charge in [0.1, 0.15) is 0 Å². The van der Waals surface area contributed by atoms with Crippen molar-refractivity contribution in [3.8, 4) is 0 Å². The van der Waals surface area contributed by atoms with Crippen molar-refractivity contribution in [1.82, 2.24) is 5.32 Å². The van der Waals surface area contributed by atoms with Crippen LogP contribution in [0.15, 0.2) is 18.2 Å². The van der Waals surface area contributed by atoms with Gasteiger partial charge in [0.2, 0.25) is 0 Å². The van der Waals surface area contributed by atoms with Crippen molar-refractivity contribution in [3.05, 3.63) is 35.4 Å². The molecule has 4 heteroatoms. The highest BCUT2D eigenvalue weighted by Crippen LogP contribution is 2.30. The average Bonchev–Trinajstić information content (AvgIpc) is 3.05. The van der Waals surface area contributed by atoms with Gasteiger partial charge in [-0.1, -0.05) is 12.1 Å². The molecule has 1 saturated carbocycles. The van der Waals surface area contributed by atoms with Crippen molar-refractivity contribution in [2.24, 2.45) is 0 Å². The van der Waals surface area contributed by atoms with Crippen molar-refractivity contribution in [2.45, 2.75) is 31.3 Å². The van der Waals surface area contributed by atoms with Gasteiger partial charge in [-0.3, -0.25) is 0 Å². The Morgan fingerprint density at radius 1 is 1.44 bits per heavy atom. The Labute approximate surface area is 93.3 Å². The van der Waals surface area contributed by atoms with Crippen molar-refractivity contribution >= 4 is 0 Å². The van der Waals surface area contributed by atoms with Crippen LogP contribution < -0.4 is 5.32 Å². The largest absolute Gasteiger partial charge is 0.394 e. The lowest BCUT2D eigenvalue weighted by atomic mass is 9.92. The third-order valence-corrected chi connectivity index (χ3v) is 2.96. The van der Waals surface area contributed by atoms with Crippen molar-refractivity contribution in [3.63, 3.8) is 0 Å². The smallest absolute Gasteiger partial charge is 0.163 e. The molecule has 1 aromatic rings. The first kappa shape index (κ1) is 11.5. The lowest BCUT2D eigenvalue weighted by Gasteiger charge is -2.30. The zero-order chi connectivity index (χ0) is 11.8. The minimum absolute atomic E-state index is 0.182. The lowest BCUT2D eigenvalue weighted by molar-refractivity contribution is 0.168. The van der Waals surface area contributed by atoms with E-state index in [2.05, 4.69) is 5.32 Å². The number of hydrogen-bond donors (Lipinski definition) is 2. The Kier molecular flexibility index (Phi) is 2.95. The zero-order valence-electron chi connectivity index (χ0n) is 9.13. The molecule has 1 fully saturated rings. The summed E-state index contributed by atoms with van der Waals surface area (Å²) in [5.74, 6) is -1.76. The van der Waals surface area contributed by atoms with Gasteiger partial charge in [-0.2, -0.15) is 0 Å². The van der Waals surface area contributed by atoms with Crippen LogP contribution in [0.3, 0.4) is 0 Å². The summed E-state index contributed by atoms with van der Waals surface area (Å²) in [4.78, 5) is 0. The van der Waals surface area contributed by atoms with Crippen molar-refractivity contribution < 1.29 is 13.9 Å². The SMILES string of the molecule is CC(CO)(NC1CC1)c1cccc(F)c1F. The Bertz CT molecular complexity index is 393. The molecule has 0 aromatic heterocycles. The Balaban J connectivity index is 2.34. The minimum atomic E-state index is -0.909. The second kappa shape index (κ2) is 4.11. The first-order chi connectivity index (χ1) is 7.57. The molecule has 0 saturated heterocycles. The number of benzene rings is 1. The van der Waals surface area contributed by atoms with E-state index in [0.717, 1.165) is 18.9 Å². The fourth-order valence-corrected chi connectivity index (χ4v) is 1.82. The molecule has 1 unspecified atom stereocenters. The number of rotatable bonds is 4. The lowest BCUT2D eigenvalue weighted by Crippen LogP contribution is -2.45. The highest BCUT2D eigenvalue weighted by molar-refractivity contribution is 5.27. The molecule has 1 aliphatic carbocycles. The number of hydrogen-bond acceptors (Lipinski definition) is 2. The summed E-state index contributed by atoms with van der Waals surface area (Å²) >= 11 is 0. The summed E-state index contributed by atoms with van der Waals surface area (Å²) in [5, 5.41) is 12.5. The monoisotopic (exact) mass is 227 g/mol. The van der Waals surface area contributed by atoms with Gasteiger partial charge in [-0.05, 0) is 25.8 Å². The maximum Gasteiger partial charge on any atom is 0.163 e. The number of nitrogens with one attached hydrogen (secondary N) is 1. The van der Waals surface area contributed by atoms with Crippen LogP contribution in [0, 0.1) is 11.6 Å². The highest BCUT2D eigenvalue weighted by Gasteiger charge is 2.35. The van der Waals surface area contributed by atoms with E-state index < -0.39 is 17.2 Å². The molecule has 2 N–H and O–H groups in total. The standard InChI is InChI=1S/C12H15F2NO/c1-12(7-16,15-8-5-6-8)9-3-2-4-10(13)11(9)14/h2-4,8,15-16H,5-7H2,1H3. The molecule has 0 bridgehead atoms. The second-order valence-electron chi connectivity index (χ2n) is 4.51. The molecular weight excluding hydrogens is 212 g/mol. The third-order valence-electron chi connectivity index (χ3n) is 2.96.